The molecular formula is C14H14F2N2S. The van der Waals surface area contributed by atoms with Crippen molar-refractivity contribution in [1.29, 1.82) is 0 Å². The predicted octanol–water partition coefficient (Wildman–Crippen LogP) is 3.79. The van der Waals surface area contributed by atoms with Crippen LogP contribution in [0.15, 0.2) is 46.5 Å². The van der Waals surface area contributed by atoms with Gasteiger partial charge in [0.15, 0.2) is 0 Å². The molecule has 0 aliphatic heterocycles. The molecule has 2 nitrogen and oxygen atoms in total. The van der Waals surface area contributed by atoms with Crippen LogP contribution in [0, 0.1) is 11.6 Å². The van der Waals surface area contributed by atoms with Gasteiger partial charge in [0.2, 0.25) is 0 Å². The van der Waals surface area contributed by atoms with Gasteiger partial charge in [0.1, 0.15) is 16.7 Å². The second-order valence-corrected chi connectivity index (χ2v) is 5.12. The van der Waals surface area contributed by atoms with Gasteiger partial charge in [-0.1, -0.05) is 17.8 Å². The smallest absolute Gasteiger partial charge is 0.140 e. The maximum absolute atomic E-state index is 13.6. The second-order valence-electron chi connectivity index (χ2n) is 4.08. The molecule has 0 aliphatic rings. The second kappa shape index (κ2) is 6.12. The summed E-state index contributed by atoms with van der Waals surface area (Å²) >= 11 is 1.20. The molecule has 0 fully saturated rings. The fraction of sp³-hybridized carbons (Fsp3) is 0.214. The number of hydrogen-bond donors (Lipinski definition) is 1. The topological polar surface area (TPSA) is 24.9 Å². The van der Waals surface area contributed by atoms with Crippen molar-refractivity contribution in [1.82, 2.24) is 10.3 Å². The highest BCUT2D eigenvalue weighted by molar-refractivity contribution is 7.99. The van der Waals surface area contributed by atoms with Crippen LogP contribution in [0.2, 0.25) is 0 Å². The Balaban J connectivity index is 2.33. The Morgan fingerprint density at radius 2 is 2.05 bits per heavy atom. The Kier molecular flexibility index (Phi) is 4.50. The van der Waals surface area contributed by atoms with Gasteiger partial charge >= 0.3 is 0 Å². The van der Waals surface area contributed by atoms with Crippen LogP contribution in [0.5, 0.6) is 0 Å². The molecule has 1 atom stereocenters. The average Bonchev–Trinajstić information content (AvgIpc) is 2.41. The third-order valence-corrected chi connectivity index (χ3v) is 3.89. The van der Waals surface area contributed by atoms with E-state index in [1.54, 1.807) is 6.20 Å². The van der Waals surface area contributed by atoms with Gasteiger partial charge < -0.3 is 5.32 Å². The van der Waals surface area contributed by atoms with Crippen molar-refractivity contribution < 1.29 is 8.78 Å². The Hall–Kier alpha value is -1.46. The first-order valence-electron chi connectivity index (χ1n) is 5.87. The number of rotatable bonds is 4. The monoisotopic (exact) mass is 280 g/mol. The third kappa shape index (κ3) is 3.30. The van der Waals surface area contributed by atoms with Crippen molar-refractivity contribution in [3.05, 3.63) is 53.7 Å². The molecule has 1 aromatic heterocycles. The first-order chi connectivity index (χ1) is 9.11. The Morgan fingerprint density at radius 3 is 2.74 bits per heavy atom. The predicted molar refractivity (Wildman–Crippen MR) is 72.2 cm³/mol. The minimum Gasteiger partial charge on any atom is -0.313 e. The third-order valence-electron chi connectivity index (χ3n) is 2.80. The quantitative estimate of drug-likeness (QED) is 0.922. The summed E-state index contributed by atoms with van der Waals surface area (Å²) in [5.74, 6) is -1.15. The number of aromatic nitrogens is 1. The largest absolute Gasteiger partial charge is 0.313 e. The maximum atomic E-state index is 13.6. The molecule has 2 rings (SSSR count). The van der Waals surface area contributed by atoms with Gasteiger partial charge in [-0.15, -0.1) is 0 Å². The van der Waals surface area contributed by atoms with E-state index in [2.05, 4.69) is 10.3 Å². The molecule has 1 N–H and O–H groups in total. The zero-order chi connectivity index (χ0) is 13.8. The summed E-state index contributed by atoms with van der Waals surface area (Å²) in [6.07, 6.45) is 1.66. The van der Waals surface area contributed by atoms with Gasteiger partial charge in [-0.2, -0.15) is 0 Å². The molecule has 2 aromatic rings. The highest BCUT2D eigenvalue weighted by Gasteiger charge is 2.13. The number of halogens is 2. The van der Waals surface area contributed by atoms with Gasteiger partial charge in [-0.3, -0.25) is 0 Å². The van der Waals surface area contributed by atoms with E-state index in [0.717, 1.165) is 16.7 Å². The average molecular weight is 280 g/mol. The summed E-state index contributed by atoms with van der Waals surface area (Å²) in [7, 11) is 1.85. The zero-order valence-corrected chi connectivity index (χ0v) is 11.5. The summed E-state index contributed by atoms with van der Waals surface area (Å²) in [6.45, 7) is 2.00. The minimum atomic E-state index is -0.577. The molecular weight excluding hydrogens is 266 g/mol. The van der Waals surface area contributed by atoms with Crippen molar-refractivity contribution in [2.75, 3.05) is 7.05 Å². The molecule has 0 aliphatic carbocycles. The molecule has 19 heavy (non-hydrogen) atoms. The molecule has 0 radical (unpaired) electrons. The Labute approximate surface area is 115 Å². The molecule has 0 saturated carbocycles. The molecule has 5 heteroatoms. The van der Waals surface area contributed by atoms with Crippen LogP contribution in [0.3, 0.4) is 0 Å². The van der Waals surface area contributed by atoms with Crippen LogP contribution in [0.25, 0.3) is 0 Å². The van der Waals surface area contributed by atoms with Crippen molar-refractivity contribution >= 4 is 11.8 Å². The lowest BCUT2D eigenvalue weighted by molar-refractivity contribution is 0.565. The molecule has 100 valence electrons. The highest BCUT2D eigenvalue weighted by Crippen LogP contribution is 2.33. The van der Waals surface area contributed by atoms with E-state index in [0.29, 0.717) is 4.90 Å². The SMILES string of the molecule is CNC(C)c1cccnc1Sc1ccc(F)cc1F. The Morgan fingerprint density at radius 1 is 1.26 bits per heavy atom. The van der Waals surface area contributed by atoms with Gasteiger partial charge in [0.05, 0.1) is 0 Å². The van der Waals surface area contributed by atoms with Crippen LogP contribution >= 0.6 is 11.8 Å². The van der Waals surface area contributed by atoms with Gasteiger partial charge in [-0.05, 0) is 32.2 Å². The van der Waals surface area contributed by atoms with Crippen molar-refractivity contribution in [3.63, 3.8) is 0 Å². The highest BCUT2D eigenvalue weighted by atomic mass is 32.2. The molecule has 1 unspecified atom stereocenters. The van der Waals surface area contributed by atoms with Crippen LogP contribution in [-0.2, 0) is 0 Å². The number of nitrogens with zero attached hydrogens (tertiary/aromatic N) is 1. The molecule has 0 amide bonds. The van der Waals surface area contributed by atoms with Gasteiger partial charge in [0, 0.05) is 28.8 Å². The van der Waals surface area contributed by atoms with Crippen molar-refractivity contribution in [3.8, 4) is 0 Å². The van der Waals surface area contributed by atoms with E-state index in [4.69, 9.17) is 0 Å². The Bertz CT molecular complexity index is 575. The summed E-state index contributed by atoms with van der Waals surface area (Å²) in [6, 6.07) is 7.45. The summed E-state index contributed by atoms with van der Waals surface area (Å²) < 4.78 is 26.5. The summed E-state index contributed by atoms with van der Waals surface area (Å²) in [5.41, 5.74) is 0.985. The lowest BCUT2D eigenvalue weighted by Gasteiger charge is -2.14. The van der Waals surface area contributed by atoms with E-state index in [1.165, 1.54) is 23.9 Å². The number of pyridine rings is 1. The standard InChI is InChI=1S/C14H14F2N2S/c1-9(17-2)11-4-3-7-18-14(11)19-13-6-5-10(15)8-12(13)16/h3-9,17H,1-2H3. The first-order valence-corrected chi connectivity index (χ1v) is 6.68. The summed E-state index contributed by atoms with van der Waals surface area (Å²) in [4.78, 5) is 4.63. The lowest BCUT2D eigenvalue weighted by atomic mass is 10.1. The fourth-order valence-electron chi connectivity index (χ4n) is 1.64. The number of benzene rings is 1. The molecule has 0 saturated heterocycles. The van der Waals surface area contributed by atoms with Crippen LogP contribution in [-0.4, -0.2) is 12.0 Å². The van der Waals surface area contributed by atoms with E-state index in [9.17, 15) is 8.78 Å². The van der Waals surface area contributed by atoms with Gasteiger partial charge in [-0.25, -0.2) is 13.8 Å². The van der Waals surface area contributed by atoms with Crippen LogP contribution < -0.4 is 5.32 Å². The lowest BCUT2D eigenvalue weighted by Crippen LogP contribution is -2.13. The fourth-order valence-corrected chi connectivity index (χ4v) is 2.61. The zero-order valence-electron chi connectivity index (χ0n) is 10.7. The van der Waals surface area contributed by atoms with Crippen LogP contribution in [0.1, 0.15) is 18.5 Å². The molecule has 1 heterocycles. The summed E-state index contributed by atoms with van der Waals surface area (Å²) in [5, 5.41) is 3.84. The number of hydrogen-bond acceptors (Lipinski definition) is 3. The van der Waals surface area contributed by atoms with E-state index in [1.807, 2.05) is 26.1 Å². The minimum absolute atomic E-state index is 0.111. The van der Waals surface area contributed by atoms with Crippen molar-refractivity contribution in [2.24, 2.45) is 0 Å². The van der Waals surface area contributed by atoms with E-state index < -0.39 is 11.6 Å². The van der Waals surface area contributed by atoms with E-state index in [-0.39, 0.29) is 6.04 Å². The molecule has 0 bridgehead atoms. The maximum Gasteiger partial charge on any atom is 0.140 e. The van der Waals surface area contributed by atoms with E-state index >= 15 is 0 Å². The normalized spacial score (nSPS) is 12.4. The first kappa shape index (κ1) is 14.0. The molecule has 1 aromatic carbocycles. The van der Waals surface area contributed by atoms with Crippen LogP contribution in [0.4, 0.5) is 8.78 Å². The van der Waals surface area contributed by atoms with Crippen molar-refractivity contribution in [2.45, 2.75) is 22.9 Å². The molecule has 0 spiro atoms. The number of nitrogens with one attached hydrogen (secondary N) is 1. The van der Waals surface area contributed by atoms with Gasteiger partial charge in [0.25, 0.3) is 0 Å².